The van der Waals surface area contributed by atoms with Gasteiger partial charge in [-0.05, 0) is 17.4 Å². The summed E-state index contributed by atoms with van der Waals surface area (Å²) < 4.78 is 0. The second kappa shape index (κ2) is 7.09. The first-order valence-electron chi connectivity index (χ1n) is 9.36. The normalized spacial score (nSPS) is 20.2. The van der Waals surface area contributed by atoms with Crippen LogP contribution in [0.5, 0.6) is 0 Å². The number of hydrogen-bond acceptors (Lipinski definition) is 5. The van der Waals surface area contributed by atoms with Gasteiger partial charge in [-0.2, -0.15) is 0 Å². The molecule has 144 valence electrons. The number of H-pyrrole nitrogens is 1. The molecule has 1 unspecified atom stereocenters. The van der Waals surface area contributed by atoms with Gasteiger partial charge in [-0.25, -0.2) is 4.98 Å². The van der Waals surface area contributed by atoms with E-state index in [-0.39, 0.29) is 16.8 Å². The third-order valence-electron chi connectivity index (χ3n) is 5.17. The summed E-state index contributed by atoms with van der Waals surface area (Å²) in [5, 5.41) is 3.88. The molecule has 2 aromatic rings. The summed E-state index contributed by atoms with van der Waals surface area (Å²) in [6.45, 7) is 7.91. The average Bonchev–Trinajstić information content (AvgIpc) is 2.64. The topological polar surface area (TPSA) is 74.8 Å². The molecule has 0 spiro atoms. The highest BCUT2D eigenvalue weighted by atomic mass is 32.2. The van der Waals surface area contributed by atoms with Crippen molar-refractivity contribution in [2.24, 2.45) is 5.41 Å². The first-order chi connectivity index (χ1) is 13.4. The predicted molar refractivity (Wildman–Crippen MR) is 113 cm³/mol. The minimum Gasteiger partial charge on any atom is -0.343 e. The Bertz CT molecular complexity index is 1040. The van der Waals surface area contributed by atoms with Crippen LogP contribution in [-0.2, 0) is 4.79 Å². The second-order valence-corrected chi connectivity index (χ2v) is 9.04. The number of benzene rings is 1. The Morgan fingerprint density at radius 2 is 2.00 bits per heavy atom. The maximum absolute atomic E-state index is 13.1. The number of fused-ring (bicyclic) bond motifs is 1. The van der Waals surface area contributed by atoms with Crippen LogP contribution in [0, 0.1) is 5.41 Å². The lowest BCUT2D eigenvalue weighted by atomic mass is 9.69. The van der Waals surface area contributed by atoms with Crippen molar-refractivity contribution in [3.63, 3.8) is 0 Å². The van der Waals surface area contributed by atoms with Crippen LogP contribution in [0.2, 0.25) is 0 Å². The minimum atomic E-state index is -0.397. The lowest BCUT2D eigenvalue weighted by Gasteiger charge is -2.38. The van der Waals surface area contributed by atoms with Crippen molar-refractivity contribution in [1.82, 2.24) is 9.97 Å². The van der Waals surface area contributed by atoms with Gasteiger partial charge in [0, 0.05) is 29.4 Å². The van der Waals surface area contributed by atoms with Gasteiger partial charge >= 0.3 is 0 Å². The number of nitrogens with one attached hydrogen (secondary N) is 2. The van der Waals surface area contributed by atoms with Gasteiger partial charge in [-0.1, -0.05) is 62.0 Å². The van der Waals surface area contributed by atoms with Gasteiger partial charge < -0.3 is 10.3 Å². The minimum absolute atomic E-state index is 0.0998. The lowest BCUT2D eigenvalue weighted by Crippen LogP contribution is -2.37. The molecule has 1 aromatic heterocycles. The zero-order chi connectivity index (χ0) is 19.9. The van der Waals surface area contributed by atoms with Crippen LogP contribution >= 0.6 is 11.8 Å². The SMILES string of the molecule is C=CCSc1nc2c(c(=O)[nH]1)C(c1ccccc1)C1=C(CC(C)(C)CC1=O)N2. The van der Waals surface area contributed by atoms with E-state index in [4.69, 9.17) is 0 Å². The van der Waals surface area contributed by atoms with Crippen LogP contribution in [0.25, 0.3) is 0 Å². The number of aromatic nitrogens is 2. The summed E-state index contributed by atoms with van der Waals surface area (Å²) in [4.78, 5) is 33.7. The van der Waals surface area contributed by atoms with Crippen LogP contribution in [0.1, 0.15) is 43.7 Å². The van der Waals surface area contributed by atoms with Gasteiger partial charge in [0.15, 0.2) is 10.9 Å². The molecule has 2 heterocycles. The molecule has 2 N–H and O–H groups in total. The molecule has 1 atom stereocenters. The van der Waals surface area contributed by atoms with E-state index < -0.39 is 5.92 Å². The molecule has 28 heavy (non-hydrogen) atoms. The van der Waals surface area contributed by atoms with Crippen LogP contribution in [0.15, 0.2) is 64.2 Å². The van der Waals surface area contributed by atoms with Crippen molar-refractivity contribution in [3.05, 3.63) is 75.7 Å². The Morgan fingerprint density at radius 3 is 2.71 bits per heavy atom. The average molecular weight is 394 g/mol. The molecule has 6 heteroatoms. The van der Waals surface area contributed by atoms with Gasteiger partial charge in [0.1, 0.15) is 5.82 Å². The highest BCUT2D eigenvalue weighted by Crippen LogP contribution is 2.47. The fourth-order valence-corrected chi connectivity index (χ4v) is 4.67. The monoisotopic (exact) mass is 393 g/mol. The van der Waals surface area contributed by atoms with Gasteiger partial charge in [-0.3, -0.25) is 9.59 Å². The van der Waals surface area contributed by atoms with Crippen LogP contribution < -0.4 is 10.9 Å². The number of hydrogen-bond donors (Lipinski definition) is 2. The molecular weight excluding hydrogens is 370 g/mol. The molecule has 0 bridgehead atoms. The number of nitrogens with zero attached hydrogens (tertiary/aromatic N) is 1. The highest BCUT2D eigenvalue weighted by molar-refractivity contribution is 7.99. The van der Waals surface area contributed by atoms with E-state index >= 15 is 0 Å². The number of carbonyl (C=O) groups is 1. The molecule has 0 fully saturated rings. The lowest BCUT2D eigenvalue weighted by molar-refractivity contribution is -0.118. The van der Waals surface area contributed by atoms with E-state index in [9.17, 15) is 9.59 Å². The van der Waals surface area contributed by atoms with Crippen molar-refractivity contribution in [2.45, 2.75) is 37.8 Å². The van der Waals surface area contributed by atoms with Gasteiger partial charge in [0.05, 0.1) is 5.56 Å². The first-order valence-corrected chi connectivity index (χ1v) is 10.3. The van der Waals surface area contributed by atoms with E-state index in [0.29, 0.717) is 34.3 Å². The van der Waals surface area contributed by atoms with E-state index in [2.05, 4.69) is 35.7 Å². The van der Waals surface area contributed by atoms with Gasteiger partial charge in [0.2, 0.25) is 0 Å². The molecule has 1 aromatic carbocycles. The van der Waals surface area contributed by atoms with Gasteiger partial charge in [0.25, 0.3) is 5.56 Å². The van der Waals surface area contributed by atoms with E-state index in [1.54, 1.807) is 6.08 Å². The molecule has 0 saturated heterocycles. The van der Waals surface area contributed by atoms with E-state index in [0.717, 1.165) is 17.7 Å². The number of thioether (sulfide) groups is 1. The molecule has 5 nitrogen and oxygen atoms in total. The molecule has 0 saturated carbocycles. The molecule has 1 aliphatic carbocycles. The number of Topliss-reactive ketones (excluding diaryl/α,β-unsaturated/α-hetero) is 1. The molecule has 1 aliphatic heterocycles. The number of anilines is 1. The third-order valence-corrected chi connectivity index (χ3v) is 6.04. The Balaban J connectivity index is 1.92. The second-order valence-electron chi connectivity index (χ2n) is 8.03. The van der Waals surface area contributed by atoms with Crippen molar-refractivity contribution in [3.8, 4) is 0 Å². The van der Waals surface area contributed by atoms with E-state index in [1.807, 2.05) is 30.3 Å². The Kier molecular flexibility index (Phi) is 4.75. The summed E-state index contributed by atoms with van der Waals surface area (Å²) in [6.07, 6.45) is 3.00. The highest BCUT2D eigenvalue weighted by Gasteiger charge is 2.42. The standard InChI is InChI=1S/C22H23N3O2S/c1-4-10-28-21-24-19-18(20(27)25-21)16(13-8-6-5-7-9-13)17-14(23-19)11-22(2,3)12-15(17)26/h4-9,16H,1,10-12H2,2-3H3,(H2,23,24,25,27). The zero-order valence-electron chi connectivity index (χ0n) is 16.0. The van der Waals surface area contributed by atoms with E-state index in [1.165, 1.54) is 11.8 Å². The van der Waals surface area contributed by atoms with Crippen molar-refractivity contribution in [1.29, 1.82) is 0 Å². The van der Waals surface area contributed by atoms with Crippen LogP contribution in [-0.4, -0.2) is 21.5 Å². The Morgan fingerprint density at radius 1 is 1.25 bits per heavy atom. The number of ketones is 1. The van der Waals surface area contributed by atoms with Crippen molar-refractivity contribution in [2.75, 3.05) is 11.1 Å². The Hall–Kier alpha value is -2.60. The van der Waals surface area contributed by atoms with Crippen molar-refractivity contribution >= 4 is 23.4 Å². The number of aromatic amines is 1. The molecule has 0 amide bonds. The Labute approximate surface area is 168 Å². The fourth-order valence-electron chi connectivity index (χ4n) is 4.08. The summed E-state index contributed by atoms with van der Waals surface area (Å²) in [5.74, 6) is 0.908. The zero-order valence-corrected chi connectivity index (χ0v) is 16.9. The maximum atomic E-state index is 13.1. The quantitative estimate of drug-likeness (QED) is 0.461. The number of allylic oxidation sites excluding steroid dienone is 2. The number of rotatable bonds is 4. The molecule has 0 radical (unpaired) electrons. The third kappa shape index (κ3) is 3.33. The largest absolute Gasteiger partial charge is 0.343 e. The summed E-state index contributed by atoms with van der Waals surface area (Å²) in [5.41, 5.74) is 2.72. The van der Waals surface area contributed by atoms with Crippen molar-refractivity contribution < 1.29 is 4.79 Å². The molecular formula is C22H23N3O2S. The fraction of sp³-hybridized carbons (Fsp3) is 0.318. The maximum Gasteiger partial charge on any atom is 0.257 e. The predicted octanol–water partition coefficient (Wildman–Crippen LogP) is 4.25. The first kappa shape index (κ1) is 18.7. The number of carbonyl (C=O) groups excluding carboxylic acids is 1. The molecule has 4 rings (SSSR count). The molecule has 2 aliphatic rings. The summed E-state index contributed by atoms with van der Waals surface area (Å²) >= 11 is 1.43. The van der Waals surface area contributed by atoms with Crippen LogP contribution in [0.3, 0.4) is 0 Å². The van der Waals surface area contributed by atoms with Crippen LogP contribution in [0.4, 0.5) is 5.82 Å². The summed E-state index contributed by atoms with van der Waals surface area (Å²) in [6, 6.07) is 9.74. The van der Waals surface area contributed by atoms with Gasteiger partial charge in [-0.15, -0.1) is 6.58 Å². The smallest absolute Gasteiger partial charge is 0.257 e. The summed E-state index contributed by atoms with van der Waals surface area (Å²) in [7, 11) is 0.